The minimum absolute atomic E-state index is 0.0440. The van der Waals surface area contributed by atoms with Crippen LogP contribution >= 0.6 is 0 Å². The molecule has 128 valence electrons. The second kappa shape index (κ2) is 6.60. The van der Waals surface area contributed by atoms with Gasteiger partial charge in [0.25, 0.3) is 5.69 Å². The Balaban J connectivity index is 1.73. The lowest BCUT2D eigenvalue weighted by atomic mass is 10.2. The molecule has 1 amide bonds. The van der Waals surface area contributed by atoms with Crippen LogP contribution < -0.4 is 10.1 Å². The predicted octanol–water partition coefficient (Wildman–Crippen LogP) is 3.58. The number of aromatic nitrogens is 1. The molecule has 0 saturated carbocycles. The van der Waals surface area contributed by atoms with E-state index in [0.717, 1.165) is 5.56 Å². The van der Waals surface area contributed by atoms with Gasteiger partial charge in [0.2, 0.25) is 11.8 Å². The van der Waals surface area contributed by atoms with Gasteiger partial charge in [0, 0.05) is 24.7 Å². The van der Waals surface area contributed by atoms with Crippen molar-refractivity contribution in [3.8, 4) is 5.75 Å². The van der Waals surface area contributed by atoms with E-state index in [1.54, 1.807) is 18.2 Å². The van der Waals surface area contributed by atoms with Gasteiger partial charge in [-0.05, 0) is 36.8 Å². The number of hydrogen-bond donors (Lipinski definition) is 1. The van der Waals surface area contributed by atoms with Crippen molar-refractivity contribution < 1.29 is 18.9 Å². The van der Waals surface area contributed by atoms with Gasteiger partial charge in [-0.3, -0.25) is 14.9 Å². The van der Waals surface area contributed by atoms with E-state index in [4.69, 9.17) is 9.15 Å². The van der Waals surface area contributed by atoms with Crippen molar-refractivity contribution in [2.75, 3.05) is 5.32 Å². The number of carbonyl (C=O) groups is 1. The lowest BCUT2D eigenvalue weighted by Crippen LogP contribution is -2.07. The second-order valence-corrected chi connectivity index (χ2v) is 5.46. The number of benzene rings is 2. The largest absolute Gasteiger partial charge is 0.484 e. The molecule has 0 atom stereocenters. The van der Waals surface area contributed by atoms with Gasteiger partial charge in [-0.1, -0.05) is 0 Å². The Morgan fingerprint density at radius 3 is 2.80 bits per heavy atom. The van der Waals surface area contributed by atoms with E-state index < -0.39 is 4.92 Å². The fraction of sp³-hybridized carbons (Fsp3) is 0.176. The number of aryl methyl sites for hydroxylation is 1. The Morgan fingerprint density at radius 2 is 2.12 bits per heavy atom. The summed E-state index contributed by atoms with van der Waals surface area (Å²) in [6.07, 6.45) is 0. The summed E-state index contributed by atoms with van der Waals surface area (Å²) in [5.74, 6) is 0.774. The zero-order valence-corrected chi connectivity index (χ0v) is 13.6. The van der Waals surface area contributed by atoms with Gasteiger partial charge >= 0.3 is 0 Å². The molecular weight excluding hydrogens is 326 g/mol. The van der Waals surface area contributed by atoms with Gasteiger partial charge in [-0.2, -0.15) is 0 Å². The maximum absolute atomic E-state index is 11.1. The molecule has 0 unspecified atom stereocenters. The molecule has 0 aliphatic carbocycles. The summed E-state index contributed by atoms with van der Waals surface area (Å²) in [4.78, 5) is 25.6. The highest BCUT2D eigenvalue weighted by atomic mass is 16.6. The Morgan fingerprint density at radius 1 is 1.32 bits per heavy atom. The molecule has 0 fully saturated rings. The number of nitrogens with zero attached hydrogens (tertiary/aromatic N) is 2. The Hall–Kier alpha value is -3.42. The number of amides is 1. The van der Waals surface area contributed by atoms with Crippen LogP contribution in [0.1, 0.15) is 18.4 Å². The van der Waals surface area contributed by atoms with Crippen molar-refractivity contribution in [1.82, 2.24) is 4.98 Å². The zero-order chi connectivity index (χ0) is 18.0. The van der Waals surface area contributed by atoms with Crippen LogP contribution in [-0.2, 0) is 11.4 Å². The number of rotatable bonds is 5. The number of anilines is 1. The second-order valence-electron chi connectivity index (χ2n) is 5.46. The summed E-state index contributed by atoms with van der Waals surface area (Å²) in [7, 11) is 0. The molecule has 0 aliphatic heterocycles. The number of nitro groups is 1. The van der Waals surface area contributed by atoms with Crippen molar-refractivity contribution in [2.45, 2.75) is 20.5 Å². The van der Waals surface area contributed by atoms with Gasteiger partial charge in [-0.25, -0.2) is 4.98 Å². The van der Waals surface area contributed by atoms with Crippen molar-refractivity contribution >= 4 is 28.4 Å². The van der Waals surface area contributed by atoms with Gasteiger partial charge in [0.1, 0.15) is 11.3 Å². The molecule has 1 N–H and O–H groups in total. The molecule has 3 aromatic rings. The van der Waals surface area contributed by atoms with Crippen LogP contribution in [0.5, 0.6) is 5.75 Å². The minimum atomic E-state index is -0.482. The lowest BCUT2D eigenvalue weighted by Gasteiger charge is -2.09. The normalized spacial score (nSPS) is 10.6. The van der Waals surface area contributed by atoms with Crippen LogP contribution in [-0.4, -0.2) is 15.8 Å². The highest BCUT2D eigenvalue weighted by Gasteiger charge is 2.12. The van der Waals surface area contributed by atoms with Gasteiger partial charge < -0.3 is 14.5 Å². The molecule has 8 nitrogen and oxygen atoms in total. The monoisotopic (exact) mass is 341 g/mol. The zero-order valence-electron chi connectivity index (χ0n) is 13.6. The summed E-state index contributed by atoms with van der Waals surface area (Å²) < 4.78 is 11.2. The number of nitro benzene ring substituents is 1. The summed E-state index contributed by atoms with van der Waals surface area (Å²) in [6, 6.07) is 9.50. The third-order valence-corrected chi connectivity index (χ3v) is 3.50. The quantitative estimate of drug-likeness (QED) is 0.561. The van der Waals surface area contributed by atoms with Crippen LogP contribution in [0, 0.1) is 17.0 Å². The first-order chi connectivity index (χ1) is 11.9. The third kappa shape index (κ3) is 3.74. The standard InChI is InChI=1S/C17H15N3O5/c1-10-7-13(4-5-14(10)18-11(2)21)24-9-17-19-15-8-12(20(22)23)3-6-16(15)25-17/h3-8H,9H2,1-2H3,(H,18,21). The molecule has 2 aromatic carbocycles. The fourth-order valence-corrected chi connectivity index (χ4v) is 2.34. The van der Waals surface area contributed by atoms with E-state index in [1.807, 2.05) is 6.92 Å². The first kappa shape index (κ1) is 16.4. The average molecular weight is 341 g/mol. The van der Waals surface area contributed by atoms with Crippen molar-refractivity contribution in [3.63, 3.8) is 0 Å². The molecule has 25 heavy (non-hydrogen) atoms. The molecule has 8 heteroatoms. The summed E-state index contributed by atoms with van der Waals surface area (Å²) >= 11 is 0. The number of fused-ring (bicyclic) bond motifs is 1. The molecule has 1 aromatic heterocycles. The predicted molar refractivity (Wildman–Crippen MR) is 90.5 cm³/mol. The fourth-order valence-electron chi connectivity index (χ4n) is 2.34. The summed E-state index contributed by atoms with van der Waals surface area (Å²) in [5, 5.41) is 13.5. The number of oxazole rings is 1. The van der Waals surface area contributed by atoms with Crippen molar-refractivity contribution in [2.24, 2.45) is 0 Å². The van der Waals surface area contributed by atoms with E-state index in [0.29, 0.717) is 28.4 Å². The van der Waals surface area contributed by atoms with E-state index >= 15 is 0 Å². The SMILES string of the molecule is CC(=O)Nc1ccc(OCc2nc3cc([N+](=O)[O-])ccc3o2)cc1C. The molecule has 0 saturated heterocycles. The maximum Gasteiger partial charge on any atom is 0.271 e. The smallest absolute Gasteiger partial charge is 0.271 e. The first-order valence-corrected chi connectivity index (χ1v) is 7.47. The topological polar surface area (TPSA) is 108 Å². The summed E-state index contributed by atoms with van der Waals surface area (Å²) in [5.41, 5.74) is 2.40. The highest BCUT2D eigenvalue weighted by molar-refractivity contribution is 5.89. The van der Waals surface area contributed by atoms with E-state index in [9.17, 15) is 14.9 Å². The summed E-state index contributed by atoms with van der Waals surface area (Å²) in [6.45, 7) is 3.39. The molecule has 3 rings (SSSR count). The van der Waals surface area contributed by atoms with Crippen molar-refractivity contribution in [3.05, 3.63) is 58.0 Å². The van der Waals surface area contributed by atoms with Crippen molar-refractivity contribution in [1.29, 1.82) is 0 Å². The van der Waals surface area contributed by atoms with E-state index in [1.165, 1.54) is 25.1 Å². The molecular formula is C17H15N3O5. The molecule has 0 spiro atoms. The Labute approximate surface area is 142 Å². The third-order valence-electron chi connectivity index (χ3n) is 3.50. The number of non-ortho nitro benzene ring substituents is 1. The Kier molecular flexibility index (Phi) is 4.34. The lowest BCUT2D eigenvalue weighted by molar-refractivity contribution is -0.384. The number of nitrogens with one attached hydrogen (secondary N) is 1. The van der Waals surface area contributed by atoms with Gasteiger partial charge in [-0.15, -0.1) is 0 Å². The molecule has 0 bridgehead atoms. The maximum atomic E-state index is 11.1. The van der Waals surface area contributed by atoms with Crippen LogP contribution in [0.25, 0.3) is 11.1 Å². The number of ether oxygens (including phenoxy) is 1. The highest BCUT2D eigenvalue weighted by Crippen LogP contribution is 2.24. The van der Waals surface area contributed by atoms with E-state index in [2.05, 4.69) is 10.3 Å². The van der Waals surface area contributed by atoms with Gasteiger partial charge in [0.05, 0.1) is 4.92 Å². The Bertz CT molecular complexity index is 964. The van der Waals surface area contributed by atoms with Gasteiger partial charge in [0.15, 0.2) is 12.2 Å². The van der Waals surface area contributed by atoms with Crippen LogP contribution in [0.15, 0.2) is 40.8 Å². The molecule has 1 heterocycles. The van der Waals surface area contributed by atoms with Crippen LogP contribution in [0.2, 0.25) is 0 Å². The average Bonchev–Trinajstić information content (AvgIpc) is 2.96. The number of carbonyl (C=O) groups excluding carboxylic acids is 1. The van der Waals surface area contributed by atoms with Crippen LogP contribution in [0.4, 0.5) is 11.4 Å². The first-order valence-electron chi connectivity index (χ1n) is 7.47. The molecule has 0 radical (unpaired) electrons. The van der Waals surface area contributed by atoms with Crippen LogP contribution in [0.3, 0.4) is 0 Å². The molecule has 0 aliphatic rings. The minimum Gasteiger partial charge on any atom is -0.484 e. The number of hydrogen-bond acceptors (Lipinski definition) is 6. The van der Waals surface area contributed by atoms with E-state index in [-0.39, 0.29) is 18.2 Å².